The first kappa shape index (κ1) is 15.3. The molecule has 0 aliphatic carbocycles. The third-order valence-corrected chi connectivity index (χ3v) is 4.21. The number of urea groups is 1. The van der Waals surface area contributed by atoms with Gasteiger partial charge in [-0.15, -0.1) is 11.3 Å². The van der Waals surface area contributed by atoms with Gasteiger partial charge in [0.05, 0.1) is 0 Å². The predicted molar refractivity (Wildman–Crippen MR) is 83.0 cm³/mol. The van der Waals surface area contributed by atoms with E-state index in [9.17, 15) is 14.7 Å². The minimum Gasteiger partial charge on any atom is -0.479 e. The molecule has 1 atom stereocenters. The number of carbonyl (C=O) groups excluding carboxylic acids is 1. The minimum absolute atomic E-state index is 0.529. The van der Waals surface area contributed by atoms with Crippen LogP contribution in [-0.4, -0.2) is 17.1 Å². The SMILES string of the molecule is Cc1c(Cl)cccc1NC(=O)NC(C(=O)O)c1cccs1. The van der Waals surface area contributed by atoms with Crippen LogP contribution in [0.5, 0.6) is 0 Å². The van der Waals surface area contributed by atoms with Crippen LogP contribution in [0, 0.1) is 6.92 Å². The number of halogens is 1. The van der Waals surface area contributed by atoms with E-state index >= 15 is 0 Å². The maximum atomic E-state index is 12.0. The average Bonchev–Trinajstić information content (AvgIpc) is 2.95. The van der Waals surface area contributed by atoms with E-state index in [1.165, 1.54) is 11.3 Å². The van der Waals surface area contributed by atoms with Crippen molar-refractivity contribution >= 4 is 40.6 Å². The molecular formula is C14H13ClN2O3S. The monoisotopic (exact) mass is 324 g/mol. The quantitative estimate of drug-likeness (QED) is 0.803. The van der Waals surface area contributed by atoms with E-state index in [1.807, 2.05) is 0 Å². The summed E-state index contributed by atoms with van der Waals surface area (Å²) in [4.78, 5) is 23.8. The predicted octanol–water partition coefficient (Wildman–Crippen LogP) is 3.66. The van der Waals surface area contributed by atoms with Crippen LogP contribution in [0.1, 0.15) is 16.5 Å². The zero-order chi connectivity index (χ0) is 15.4. The third-order valence-electron chi connectivity index (χ3n) is 2.87. The highest BCUT2D eigenvalue weighted by Crippen LogP contribution is 2.23. The van der Waals surface area contributed by atoms with Crippen LogP contribution in [0.4, 0.5) is 10.5 Å². The number of amides is 2. The summed E-state index contributed by atoms with van der Waals surface area (Å²) in [5, 5.41) is 16.5. The molecule has 0 radical (unpaired) electrons. The second kappa shape index (κ2) is 6.60. The fourth-order valence-corrected chi connectivity index (χ4v) is 2.68. The lowest BCUT2D eigenvalue weighted by atomic mass is 10.2. The summed E-state index contributed by atoms with van der Waals surface area (Å²) >= 11 is 7.24. The van der Waals surface area contributed by atoms with Gasteiger partial charge in [-0.2, -0.15) is 0 Å². The van der Waals surface area contributed by atoms with Crippen molar-refractivity contribution in [2.24, 2.45) is 0 Å². The minimum atomic E-state index is -1.12. The van der Waals surface area contributed by atoms with Crippen LogP contribution in [0.15, 0.2) is 35.7 Å². The van der Waals surface area contributed by atoms with Crippen molar-refractivity contribution < 1.29 is 14.7 Å². The van der Waals surface area contributed by atoms with Crippen LogP contribution in [0.2, 0.25) is 5.02 Å². The van der Waals surface area contributed by atoms with Gasteiger partial charge in [-0.3, -0.25) is 0 Å². The molecule has 0 fully saturated rings. The number of nitrogens with one attached hydrogen (secondary N) is 2. The number of benzene rings is 1. The summed E-state index contributed by atoms with van der Waals surface area (Å²) in [5.74, 6) is -1.12. The van der Waals surface area contributed by atoms with Crippen LogP contribution >= 0.6 is 22.9 Å². The first-order valence-electron chi connectivity index (χ1n) is 6.08. The first-order chi connectivity index (χ1) is 9.99. The van der Waals surface area contributed by atoms with Crippen molar-refractivity contribution in [3.8, 4) is 0 Å². The number of aliphatic carboxylic acids is 1. The second-order valence-corrected chi connectivity index (χ2v) is 5.68. The zero-order valence-electron chi connectivity index (χ0n) is 11.1. The van der Waals surface area contributed by atoms with Crippen LogP contribution < -0.4 is 10.6 Å². The first-order valence-corrected chi connectivity index (χ1v) is 7.33. The Hall–Kier alpha value is -2.05. The summed E-state index contributed by atoms with van der Waals surface area (Å²) in [6.07, 6.45) is 0. The molecule has 0 aliphatic heterocycles. The Morgan fingerprint density at radius 1 is 1.29 bits per heavy atom. The zero-order valence-corrected chi connectivity index (χ0v) is 12.7. The van der Waals surface area contributed by atoms with Crippen molar-refractivity contribution in [3.63, 3.8) is 0 Å². The fraction of sp³-hybridized carbons (Fsp3) is 0.143. The van der Waals surface area contributed by atoms with Gasteiger partial charge in [0, 0.05) is 15.6 Å². The summed E-state index contributed by atoms with van der Waals surface area (Å²) in [6, 6.07) is 6.84. The third kappa shape index (κ3) is 3.74. The maximum absolute atomic E-state index is 12.0. The maximum Gasteiger partial charge on any atom is 0.331 e. The van der Waals surface area contributed by atoms with Crippen LogP contribution in [0.3, 0.4) is 0 Å². The molecule has 110 valence electrons. The molecule has 1 heterocycles. The van der Waals surface area contributed by atoms with E-state index in [0.717, 1.165) is 5.56 Å². The summed E-state index contributed by atoms with van der Waals surface area (Å²) < 4.78 is 0. The number of rotatable bonds is 4. The van der Waals surface area contributed by atoms with E-state index in [2.05, 4.69) is 10.6 Å². The molecule has 1 aromatic heterocycles. The van der Waals surface area contributed by atoms with Gasteiger partial charge in [0.1, 0.15) is 0 Å². The topological polar surface area (TPSA) is 78.4 Å². The fourth-order valence-electron chi connectivity index (χ4n) is 1.74. The van der Waals surface area contributed by atoms with E-state index in [-0.39, 0.29) is 0 Å². The van der Waals surface area contributed by atoms with Gasteiger partial charge in [0.2, 0.25) is 0 Å². The number of thiophene rings is 1. The number of anilines is 1. The molecule has 2 aromatic rings. The highest BCUT2D eigenvalue weighted by atomic mass is 35.5. The number of carboxylic acid groups (broad SMARTS) is 1. The molecule has 0 aliphatic rings. The van der Waals surface area contributed by atoms with Crippen molar-refractivity contribution in [1.29, 1.82) is 0 Å². The second-order valence-electron chi connectivity index (χ2n) is 4.30. The van der Waals surface area contributed by atoms with E-state index in [0.29, 0.717) is 15.6 Å². The van der Waals surface area contributed by atoms with Gasteiger partial charge in [-0.1, -0.05) is 23.7 Å². The lowest BCUT2D eigenvalue weighted by molar-refractivity contribution is -0.139. The largest absolute Gasteiger partial charge is 0.479 e. The highest BCUT2D eigenvalue weighted by molar-refractivity contribution is 7.10. The standard InChI is InChI=1S/C14H13ClN2O3S/c1-8-9(15)4-2-5-10(8)16-14(20)17-12(13(18)19)11-6-3-7-21-11/h2-7,12H,1H3,(H,18,19)(H2,16,17,20). The summed E-state index contributed by atoms with van der Waals surface area (Å²) in [7, 11) is 0. The Morgan fingerprint density at radius 3 is 2.67 bits per heavy atom. The van der Waals surface area contributed by atoms with Gasteiger partial charge in [-0.05, 0) is 36.1 Å². The van der Waals surface area contributed by atoms with Gasteiger partial charge in [0.15, 0.2) is 6.04 Å². The highest BCUT2D eigenvalue weighted by Gasteiger charge is 2.23. The molecule has 1 unspecified atom stereocenters. The Kier molecular flexibility index (Phi) is 4.82. The average molecular weight is 325 g/mol. The molecule has 0 spiro atoms. The number of hydrogen-bond donors (Lipinski definition) is 3. The molecule has 3 N–H and O–H groups in total. The molecular weight excluding hydrogens is 312 g/mol. The lowest BCUT2D eigenvalue weighted by Crippen LogP contribution is -2.36. The molecule has 2 rings (SSSR count). The summed E-state index contributed by atoms with van der Waals surface area (Å²) in [6.45, 7) is 1.77. The lowest BCUT2D eigenvalue weighted by Gasteiger charge is -2.15. The Labute approximate surface area is 130 Å². The number of hydrogen-bond acceptors (Lipinski definition) is 3. The Bertz CT molecular complexity index is 658. The Morgan fingerprint density at radius 2 is 2.05 bits per heavy atom. The van der Waals surface area contributed by atoms with Crippen LogP contribution in [-0.2, 0) is 4.79 Å². The molecule has 0 saturated carbocycles. The van der Waals surface area contributed by atoms with E-state index in [4.69, 9.17) is 11.6 Å². The van der Waals surface area contributed by atoms with Gasteiger partial charge in [-0.25, -0.2) is 9.59 Å². The van der Waals surface area contributed by atoms with Crippen molar-refractivity contribution in [2.45, 2.75) is 13.0 Å². The molecule has 0 saturated heterocycles. The summed E-state index contributed by atoms with van der Waals surface area (Å²) in [5.41, 5.74) is 1.26. The van der Waals surface area contributed by atoms with E-state index < -0.39 is 18.0 Å². The van der Waals surface area contributed by atoms with Gasteiger partial charge < -0.3 is 15.7 Å². The van der Waals surface area contributed by atoms with Gasteiger partial charge >= 0.3 is 12.0 Å². The normalized spacial score (nSPS) is 11.7. The molecule has 1 aromatic carbocycles. The van der Waals surface area contributed by atoms with Crippen molar-refractivity contribution in [2.75, 3.05) is 5.32 Å². The van der Waals surface area contributed by atoms with E-state index in [1.54, 1.807) is 42.6 Å². The van der Waals surface area contributed by atoms with Crippen molar-refractivity contribution in [3.05, 3.63) is 51.2 Å². The number of carboxylic acids is 1. The molecule has 7 heteroatoms. The molecule has 2 amide bonds. The Balaban J connectivity index is 2.10. The number of carbonyl (C=O) groups is 2. The van der Waals surface area contributed by atoms with Crippen LogP contribution in [0.25, 0.3) is 0 Å². The molecule has 5 nitrogen and oxygen atoms in total. The molecule has 21 heavy (non-hydrogen) atoms. The smallest absolute Gasteiger partial charge is 0.331 e. The van der Waals surface area contributed by atoms with Gasteiger partial charge in [0.25, 0.3) is 0 Å². The molecule has 0 bridgehead atoms. The van der Waals surface area contributed by atoms with Crippen molar-refractivity contribution in [1.82, 2.24) is 5.32 Å².